The minimum Gasteiger partial charge on any atom is -0.496 e. The number of nitrogens with two attached hydrogens (primary N) is 1. The van der Waals surface area contributed by atoms with Gasteiger partial charge in [0.25, 0.3) is 5.91 Å². The summed E-state index contributed by atoms with van der Waals surface area (Å²) in [4.78, 5) is 33.7. The Hall–Kier alpha value is -4.83. The van der Waals surface area contributed by atoms with Crippen LogP contribution in [0.15, 0.2) is 60.9 Å². The Morgan fingerprint density at radius 2 is 1.73 bits per heavy atom. The first-order chi connectivity index (χ1) is 19.7. The van der Waals surface area contributed by atoms with E-state index in [9.17, 15) is 9.59 Å². The maximum atomic E-state index is 15.4. The Balaban J connectivity index is 1.44. The second kappa shape index (κ2) is 11.3. The van der Waals surface area contributed by atoms with Crippen LogP contribution in [-0.2, 0) is 11.3 Å². The summed E-state index contributed by atoms with van der Waals surface area (Å²) in [7, 11) is 1.50. The lowest BCUT2D eigenvalue weighted by atomic mass is 9.90. The van der Waals surface area contributed by atoms with Gasteiger partial charge in [0.05, 0.1) is 25.4 Å². The van der Waals surface area contributed by atoms with Crippen molar-refractivity contribution in [1.29, 1.82) is 0 Å². The highest BCUT2D eigenvalue weighted by Gasteiger charge is 2.33. The van der Waals surface area contributed by atoms with Gasteiger partial charge in [-0.05, 0) is 65.4 Å². The number of nitrogen functional groups attached to an aromatic ring is 1. The van der Waals surface area contributed by atoms with Gasteiger partial charge >= 0.3 is 5.97 Å². The van der Waals surface area contributed by atoms with Crippen LogP contribution < -0.4 is 15.8 Å². The molecule has 210 valence electrons. The molecule has 0 spiro atoms. The van der Waals surface area contributed by atoms with Gasteiger partial charge in [-0.15, -0.1) is 0 Å². The van der Waals surface area contributed by atoms with E-state index in [1.807, 2.05) is 61.2 Å². The normalized spacial score (nSPS) is 13.5. The summed E-state index contributed by atoms with van der Waals surface area (Å²) in [6.45, 7) is 4.94. The summed E-state index contributed by atoms with van der Waals surface area (Å²) in [6, 6.07) is 14.8. The molecule has 10 heteroatoms. The molecule has 1 aliphatic rings. The second-order valence-electron chi connectivity index (χ2n) is 10.1. The van der Waals surface area contributed by atoms with E-state index in [0.29, 0.717) is 35.7 Å². The Labute approximate surface area is 236 Å². The molecule has 0 bridgehead atoms. The van der Waals surface area contributed by atoms with Gasteiger partial charge in [0, 0.05) is 30.9 Å². The van der Waals surface area contributed by atoms with E-state index in [4.69, 9.17) is 15.6 Å². The summed E-state index contributed by atoms with van der Waals surface area (Å²) < 4.78 is 21.0. The van der Waals surface area contributed by atoms with Crippen molar-refractivity contribution >= 4 is 23.4 Å². The van der Waals surface area contributed by atoms with Crippen molar-refractivity contribution in [3.8, 4) is 28.0 Å². The molecule has 1 fully saturated rings. The van der Waals surface area contributed by atoms with Gasteiger partial charge in [-0.25, -0.2) is 14.4 Å². The van der Waals surface area contributed by atoms with Crippen molar-refractivity contribution in [2.24, 2.45) is 5.92 Å². The second-order valence-corrected chi connectivity index (χ2v) is 10.1. The lowest BCUT2D eigenvalue weighted by molar-refractivity contribution is -0.147. The predicted octanol–water partition coefficient (Wildman–Crippen LogP) is 4.93. The van der Waals surface area contributed by atoms with E-state index in [1.165, 1.54) is 25.6 Å². The number of nitrogens with one attached hydrogen (secondary N) is 1. The van der Waals surface area contributed by atoms with Crippen molar-refractivity contribution < 1.29 is 23.8 Å². The Kier molecular flexibility index (Phi) is 7.67. The van der Waals surface area contributed by atoms with Crippen LogP contribution in [0.3, 0.4) is 0 Å². The third-order valence-corrected chi connectivity index (χ3v) is 7.48. The van der Waals surface area contributed by atoms with Crippen molar-refractivity contribution in [2.45, 2.75) is 20.4 Å². The number of amides is 1. The molecule has 0 atom stereocenters. The van der Waals surface area contributed by atoms with Crippen LogP contribution in [0.5, 0.6) is 5.75 Å². The van der Waals surface area contributed by atoms with Crippen LogP contribution in [0.4, 0.5) is 15.9 Å². The van der Waals surface area contributed by atoms with E-state index in [-0.39, 0.29) is 18.1 Å². The highest BCUT2D eigenvalue weighted by molar-refractivity contribution is 6.03. The number of methoxy groups -OCH3 is 1. The number of nitrogens with zero attached hydrogens (tertiary/aromatic N) is 3. The van der Waals surface area contributed by atoms with Crippen LogP contribution in [0, 0.1) is 25.6 Å². The number of aromatic nitrogens is 2. The summed E-state index contributed by atoms with van der Waals surface area (Å²) in [5.41, 5.74) is 11.9. The molecule has 4 aromatic rings. The molecule has 0 radical (unpaired) electrons. The van der Waals surface area contributed by atoms with Gasteiger partial charge in [0.1, 0.15) is 23.1 Å². The molecule has 4 N–H and O–H groups in total. The molecule has 3 aromatic carbocycles. The number of carboxylic acids is 1. The van der Waals surface area contributed by atoms with E-state index >= 15 is 4.39 Å². The molecule has 9 nitrogen and oxygen atoms in total. The number of benzene rings is 3. The number of halogens is 1. The van der Waals surface area contributed by atoms with Gasteiger partial charge in [-0.1, -0.05) is 30.3 Å². The summed E-state index contributed by atoms with van der Waals surface area (Å²) in [6.07, 6.45) is 2.66. The van der Waals surface area contributed by atoms with E-state index in [0.717, 1.165) is 27.8 Å². The van der Waals surface area contributed by atoms with E-state index in [2.05, 4.69) is 15.3 Å². The first-order valence-electron chi connectivity index (χ1n) is 13.1. The van der Waals surface area contributed by atoms with Gasteiger partial charge < -0.3 is 20.9 Å². The number of ether oxygens (including phenoxy) is 1. The largest absolute Gasteiger partial charge is 0.496 e. The minimum absolute atomic E-state index is 0.150. The first-order valence-corrected chi connectivity index (χ1v) is 13.1. The van der Waals surface area contributed by atoms with E-state index in [1.54, 1.807) is 0 Å². The van der Waals surface area contributed by atoms with Gasteiger partial charge in [-0.2, -0.15) is 0 Å². The van der Waals surface area contributed by atoms with Gasteiger partial charge in [0.2, 0.25) is 0 Å². The Morgan fingerprint density at radius 1 is 1.05 bits per heavy atom. The number of carbonyl (C=O) groups excluding carboxylic acids is 1. The van der Waals surface area contributed by atoms with Crippen molar-refractivity contribution in [3.05, 3.63) is 89.1 Å². The van der Waals surface area contributed by atoms with E-state index < -0.39 is 23.6 Å². The molecule has 0 unspecified atom stereocenters. The average molecular weight is 556 g/mol. The van der Waals surface area contributed by atoms with Crippen LogP contribution in [-0.4, -0.2) is 52.1 Å². The molecular weight excluding hydrogens is 525 g/mol. The molecule has 1 aromatic heterocycles. The maximum absolute atomic E-state index is 15.4. The molecule has 5 rings (SSSR count). The van der Waals surface area contributed by atoms with Crippen molar-refractivity contribution in [2.75, 3.05) is 31.2 Å². The summed E-state index contributed by atoms with van der Waals surface area (Å²) in [5, 5.41) is 12.0. The van der Waals surface area contributed by atoms with Gasteiger partial charge in [0.15, 0.2) is 0 Å². The fourth-order valence-corrected chi connectivity index (χ4v) is 5.13. The molecule has 2 heterocycles. The zero-order valence-corrected chi connectivity index (χ0v) is 22.9. The zero-order valence-electron chi connectivity index (χ0n) is 22.9. The topological polar surface area (TPSA) is 131 Å². The quantitative estimate of drug-likeness (QED) is 0.279. The molecule has 1 saturated heterocycles. The highest BCUT2D eigenvalue weighted by Crippen LogP contribution is 2.38. The molecule has 1 aliphatic heterocycles. The van der Waals surface area contributed by atoms with Crippen LogP contribution in [0.25, 0.3) is 22.3 Å². The SMILES string of the molecule is COc1cc(-c2cccc(-c3cccc(NC(=O)c4cnc(N)cn4)c3C)c2C)cc(F)c1CN1CC(C(=O)O)C1. The minimum atomic E-state index is -0.835. The predicted molar refractivity (Wildman–Crippen MR) is 154 cm³/mol. The molecular formula is C31H30FN5O4. The number of carboxylic acid groups (broad SMARTS) is 1. The summed E-state index contributed by atoms with van der Waals surface area (Å²) in [5.74, 6) is -1.42. The Bertz CT molecular complexity index is 1630. The number of aliphatic carboxylic acids is 1. The first kappa shape index (κ1) is 27.7. The Morgan fingerprint density at radius 3 is 2.39 bits per heavy atom. The molecule has 0 saturated carbocycles. The number of hydrogen-bond donors (Lipinski definition) is 3. The molecule has 1 amide bonds. The lowest BCUT2D eigenvalue weighted by Crippen LogP contribution is -2.49. The third kappa shape index (κ3) is 5.59. The lowest BCUT2D eigenvalue weighted by Gasteiger charge is -2.36. The van der Waals surface area contributed by atoms with Crippen LogP contribution in [0.2, 0.25) is 0 Å². The number of rotatable bonds is 8. The smallest absolute Gasteiger partial charge is 0.309 e. The van der Waals surface area contributed by atoms with Crippen molar-refractivity contribution in [3.63, 3.8) is 0 Å². The number of anilines is 2. The molecule has 0 aliphatic carbocycles. The number of carbonyl (C=O) groups is 2. The average Bonchev–Trinajstić information content (AvgIpc) is 2.92. The molecule has 41 heavy (non-hydrogen) atoms. The fraction of sp³-hybridized carbons (Fsp3) is 0.226. The third-order valence-electron chi connectivity index (χ3n) is 7.48. The summed E-state index contributed by atoms with van der Waals surface area (Å²) >= 11 is 0. The van der Waals surface area contributed by atoms with Crippen LogP contribution in [0.1, 0.15) is 27.2 Å². The van der Waals surface area contributed by atoms with Gasteiger partial charge in [-0.3, -0.25) is 14.5 Å². The highest BCUT2D eigenvalue weighted by atomic mass is 19.1. The zero-order chi connectivity index (χ0) is 29.3. The monoisotopic (exact) mass is 555 g/mol. The van der Waals surface area contributed by atoms with Crippen LogP contribution >= 0.6 is 0 Å². The number of hydrogen-bond acceptors (Lipinski definition) is 7. The fourth-order valence-electron chi connectivity index (χ4n) is 5.13. The standard InChI is InChI=1S/C31H30FN5O4/c1-17-21(19-10-25(32)24(28(11-19)41-3)16-37-14-20(15-37)31(39)40)6-4-7-22(17)23-8-5-9-26(18(23)2)36-30(38)27-12-35-29(33)13-34-27/h4-13,20H,14-16H2,1-3H3,(H2,33,35)(H,36,38)(H,39,40). The number of likely N-dealkylation sites (tertiary alicyclic amines) is 1. The maximum Gasteiger partial charge on any atom is 0.309 e. The van der Waals surface area contributed by atoms with Crippen molar-refractivity contribution in [1.82, 2.24) is 14.9 Å².